The van der Waals surface area contributed by atoms with Crippen LogP contribution in [0.3, 0.4) is 0 Å². The first-order valence-corrected chi connectivity index (χ1v) is 6.53. The zero-order valence-corrected chi connectivity index (χ0v) is 11.2. The summed E-state index contributed by atoms with van der Waals surface area (Å²) in [6.45, 7) is 5.22. The van der Waals surface area contributed by atoms with Crippen LogP contribution in [0.1, 0.15) is 26.7 Å². The summed E-state index contributed by atoms with van der Waals surface area (Å²) in [7, 11) is 0. The van der Waals surface area contributed by atoms with E-state index in [2.05, 4.69) is 9.97 Å². The van der Waals surface area contributed by atoms with Gasteiger partial charge in [0, 0.05) is 25.5 Å². The molecule has 6 nitrogen and oxygen atoms in total. The van der Waals surface area contributed by atoms with E-state index >= 15 is 0 Å². The minimum absolute atomic E-state index is 0.0343. The first-order chi connectivity index (χ1) is 9.08. The van der Waals surface area contributed by atoms with Gasteiger partial charge >= 0.3 is 5.97 Å². The van der Waals surface area contributed by atoms with Crippen LogP contribution in [-0.4, -0.2) is 40.2 Å². The summed E-state index contributed by atoms with van der Waals surface area (Å²) in [5.41, 5.74) is 0. The van der Waals surface area contributed by atoms with Gasteiger partial charge in [-0.2, -0.15) is 0 Å². The third-order valence-corrected chi connectivity index (χ3v) is 3.14. The van der Waals surface area contributed by atoms with E-state index < -0.39 is 5.97 Å². The second-order valence-corrected chi connectivity index (χ2v) is 4.95. The summed E-state index contributed by atoms with van der Waals surface area (Å²) in [5, 5.41) is 9.00. The summed E-state index contributed by atoms with van der Waals surface area (Å²) in [5.74, 6) is 0.270. The quantitative estimate of drug-likeness (QED) is 0.890. The standard InChI is InChI=1S/C13H19N3O3/c1-9(2)19-12-11(14-5-6-15-12)16-7-3-10(4-8-16)13(17)18/h5-6,9-10H,3-4,7-8H2,1-2H3,(H,17,18). The molecule has 1 aliphatic heterocycles. The highest BCUT2D eigenvalue weighted by molar-refractivity contribution is 5.70. The number of aliphatic carboxylic acids is 1. The second kappa shape index (κ2) is 5.86. The Morgan fingerprint density at radius 1 is 1.37 bits per heavy atom. The van der Waals surface area contributed by atoms with Crippen molar-refractivity contribution in [1.82, 2.24) is 9.97 Å². The van der Waals surface area contributed by atoms with Gasteiger partial charge in [0.15, 0.2) is 5.82 Å². The molecule has 1 saturated heterocycles. The van der Waals surface area contributed by atoms with E-state index in [4.69, 9.17) is 9.84 Å². The molecule has 1 N–H and O–H groups in total. The molecule has 1 aromatic rings. The summed E-state index contributed by atoms with van der Waals surface area (Å²) < 4.78 is 5.64. The molecule has 2 rings (SSSR count). The van der Waals surface area contributed by atoms with Crippen molar-refractivity contribution in [3.05, 3.63) is 12.4 Å². The van der Waals surface area contributed by atoms with Gasteiger partial charge < -0.3 is 14.7 Å². The van der Waals surface area contributed by atoms with Gasteiger partial charge in [-0.25, -0.2) is 9.97 Å². The first-order valence-electron chi connectivity index (χ1n) is 6.53. The largest absolute Gasteiger partial charge is 0.481 e. The number of carboxylic acids is 1. The molecule has 19 heavy (non-hydrogen) atoms. The Balaban J connectivity index is 2.08. The smallest absolute Gasteiger partial charge is 0.306 e. The number of carboxylic acid groups (broad SMARTS) is 1. The van der Waals surface area contributed by atoms with Crippen molar-refractivity contribution >= 4 is 11.8 Å². The monoisotopic (exact) mass is 265 g/mol. The molecule has 104 valence electrons. The summed E-state index contributed by atoms with van der Waals surface area (Å²) in [6.07, 6.45) is 4.53. The molecule has 0 radical (unpaired) electrons. The summed E-state index contributed by atoms with van der Waals surface area (Å²) in [4.78, 5) is 21.5. The third kappa shape index (κ3) is 3.33. The number of carbonyl (C=O) groups is 1. The fraction of sp³-hybridized carbons (Fsp3) is 0.615. The van der Waals surface area contributed by atoms with Crippen LogP contribution in [0.2, 0.25) is 0 Å². The molecule has 0 saturated carbocycles. The molecule has 0 amide bonds. The highest BCUT2D eigenvalue weighted by atomic mass is 16.5. The average Bonchev–Trinajstić information content (AvgIpc) is 2.39. The van der Waals surface area contributed by atoms with Crippen LogP contribution in [0.4, 0.5) is 5.82 Å². The molecular weight excluding hydrogens is 246 g/mol. The topological polar surface area (TPSA) is 75.6 Å². The second-order valence-electron chi connectivity index (χ2n) is 4.95. The van der Waals surface area contributed by atoms with E-state index in [1.165, 1.54) is 0 Å². The Morgan fingerprint density at radius 3 is 2.58 bits per heavy atom. The van der Waals surface area contributed by atoms with Gasteiger partial charge in [0.2, 0.25) is 0 Å². The Bertz CT molecular complexity index is 443. The fourth-order valence-corrected chi connectivity index (χ4v) is 2.18. The normalized spacial score (nSPS) is 16.7. The Labute approximate surface area is 112 Å². The van der Waals surface area contributed by atoms with Crippen molar-refractivity contribution in [2.75, 3.05) is 18.0 Å². The van der Waals surface area contributed by atoms with Gasteiger partial charge in [0.05, 0.1) is 12.0 Å². The number of piperidine rings is 1. The molecule has 0 unspecified atom stereocenters. The van der Waals surface area contributed by atoms with Crippen molar-refractivity contribution in [3.8, 4) is 5.88 Å². The predicted octanol–water partition coefficient (Wildman–Crippen LogP) is 1.56. The van der Waals surface area contributed by atoms with Crippen LogP contribution in [-0.2, 0) is 4.79 Å². The Hall–Kier alpha value is -1.85. The lowest BCUT2D eigenvalue weighted by atomic mass is 9.97. The van der Waals surface area contributed by atoms with Crippen LogP contribution >= 0.6 is 0 Å². The summed E-state index contributed by atoms with van der Waals surface area (Å²) >= 11 is 0. The number of aromatic nitrogens is 2. The molecule has 1 fully saturated rings. The van der Waals surface area contributed by atoms with E-state index in [-0.39, 0.29) is 12.0 Å². The van der Waals surface area contributed by atoms with Gasteiger partial charge in [-0.3, -0.25) is 4.79 Å². The molecule has 0 spiro atoms. The number of hydrogen-bond acceptors (Lipinski definition) is 5. The van der Waals surface area contributed by atoms with Gasteiger partial charge in [0.1, 0.15) is 0 Å². The lowest BCUT2D eigenvalue weighted by Gasteiger charge is -2.31. The molecule has 0 bridgehead atoms. The predicted molar refractivity (Wildman–Crippen MR) is 70.4 cm³/mol. The van der Waals surface area contributed by atoms with Crippen molar-refractivity contribution < 1.29 is 14.6 Å². The third-order valence-electron chi connectivity index (χ3n) is 3.14. The summed E-state index contributed by atoms with van der Waals surface area (Å²) in [6, 6.07) is 0. The minimum atomic E-state index is -0.711. The highest BCUT2D eigenvalue weighted by Crippen LogP contribution is 2.28. The number of ether oxygens (including phenoxy) is 1. The van der Waals surface area contributed by atoms with E-state index in [9.17, 15) is 4.79 Å². The van der Waals surface area contributed by atoms with Crippen molar-refractivity contribution in [2.45, 2.75) is 32.8 Å². The van der Waals surface area contributed by atoms with Crippen molar-refractivity contribution in [1.29, 1.82) is 0 Å². The average molecular weight is 265 g/mol. The number of hydrogen-bond donors (Lipinski definition) is 1. The number of nitrogens with zero attached hydrogens (tertiary/aromatic N) is 3. The minimum Gasteiger partial charge on any atom is -0.481 e. The van der Waals surface area contributed by atoms with Crippen LogP contribution in [0.5, 0.6) is 5.88 Å². The van der Waals surface area contributed by atoms with Crippen molar-refractivity contribution in [3.63, 3.8) is 0 Å². The zero-order valence-electron chi connectivity index (χ0n) is 11.2. The van der Waals surface area contributed by atoms with Gasteiger partial charge in [-0.1, -0.05) is 0 Å². The number of rotatable bonds is 4. The molecule has 0 aliphatic carbocycles. The van der Waals surface area contributed by atoms with Gasteiger partial charge in [0.25, 0.3) is 5.88 Å². The molecular formula is C13H19N3O3. The molecule has 0 aromatic carbocycles. The molecule has 1 aliphatic rings. The van der Waals surface area contributed by atoms with E-state index in [1.807, 2.05) is 18.7 Å². The molecule has 2 heterocycles. The van der Waals surface area contributed by atoms with Crippen LogP contribution < -0.4 is 9.64 Å². The fourth-order valence-electron chi connectivity index (χ4n) is 2.18. The number of anilines is 1. The lowest BCUT2D eigenvalue weighted by Crippen LogP contribution is -2.37. The molecule has 6 heteroatoms. The SMILES string of the molecule is CC(C)Oc1nccnc1N1CCC(C(=O)O)CC1. The Morgan fingerprint density at radius 2 is 2.00 bits per heavy atom. The van der Waals surface area contributed by atoms with Gasteiger partial charge in [-0.15, -0.1) is 0 Å². The van der Waals surface area contributed by atoms with E-state index in [0.717, 1.165) is 0 Å². The zero-order chi connectivity index (χ0) is 13.8. The maximum atomic E-state index is 10.9. The Kier molecular flexibility index (Phi) is 4.19. The van der Waals surface area contributed by atoms with Crippen molar-refractivity contribution in [2.24, 2.45) is 5.92 Å². The molecule has 1 aromatic heterocycles. The van der Waals surface area contributed by atoms with E-state index in [0.29, 0.717) is 37.6 Å². The molecule has 0 atom stereocenters. The van der Waals surface area contributed by atoms with E-state index in [1.54, 1.807) is 12.4 Å². The van der Waals surface area contributed by atoms with Crippen LogP contribution in [0, 0.1) is 5.92 Å². The maximum absolute atomic E-state index is 10.9. The first kappa shape index (κ1) is 13.6. The highest BCUT2D eigenvalue weighted by Gasteiger charge is 2.27. The van der Waals surface area contributed by atoms with Gasteiger partial charge in [-0.05, 0) is 26.7 Å². The van der Waals surface area contributed by atoms with Crippen LogP contribution in [0.25, 0.3) is 0 Å². The van der Waals surface area contributed by atoms with Crippen LogP contribution in [0.15, 0.2) is 12.4 Å². The lowest BCUT2D eigenvalue weighted by molar-refractivity contribution is -0.142. The maximum Gasteiger partial charge on any atom is 0.306 e.